The Kier molecular flexibility index (Phi) is 3.85. The van der Waals surface area contributed by atoms with Crippen molar-refractivity contribution < 1.29 is 9.59 Å². The second-order valence-electron chi connectivity index (χ2n) is 5.81. The zero-order valence-corrected chi connectivity index (χ0v) is 13.4. The van der Waals surface area contributed by atoms with Crippen LogP contribution >= 0.6 is 0 Å². The van der Waals surface area contributed by atoms with Gasteiger partial charge in [-0.1, -0.05) is 18.2 Å². The molecule has 1 saturated heterocycles. The van der Waals surface area contributed by atoms with Crippen molar-refractivity contribution in [2.45, 2.75) is 19.0 Å². The number of fused-ring (bicyclic) bond motifs is 1. The zero-order valence-electron chi connectivity index (χ0n) is 13.4. The van der Waals surface area contributed by atoms with Gasteiger partial charge in [0.15, 0.2) is 5.65 Å². The number of rotatable bonds is 4. The molecular formula is C17H16N6O2. The number of benzene rings is 1. The number of nitrogens with one attached hydrogen (secondary N) is 1. The van der Waals surface area contributed by atoms with E-state index in [4.69, 9.17) is 0 Å². The van der Waals surface area contributed by atoms with Crippen molar-refractivity contribution in [3.05, 3.63) is 49.1 Å². The first-order valence-corrected chi connectivity index (χ1v) is 8.02. The van der Waals surface area contributed by atoms with Crippen LogP contribution in [0.1, 0.15) is 19.0 Å². The number of carbonyl (C=O) groups is 2. The number of hydrogen-bond acceptors (Lipinski definition) is 5. The quantitative estimate of drug-likeness (QED) is 0.781. The van der Waals surface area contributed by atoms with Gasteiger partial charge in [0.2, 0.25) is 12.1 Å². The number of likely N-dealkylation sites (tertiary alicyclic amines) is 1. The highest BCUT2D eigenvalue weighted by Crippen LogP contribution is 2.25. The lowest BCUT2D eigenvalue weighted by Gasteiger charge is -2.27. The molecule has 8 heteroatoms. The second kappa shape index (κ2) is 6.31. The average molecular weight is 336 g/mol. The molecule has 126 valence electrons. The highest BCUT2D eigenvalue weighted by Gasteiger charge is 2.36. The summed E-state index contributed by atoms with van der Waals surface area (Å²) in [5.41, 5.74) is 1.18. The van der Waals surface area contributed by atoms with Crippen LogP contribution in [0.2, 0.25) is 0 Å². The van der Waals surface area contributed by atoms with E-state index < -0.39 is 6.17 Å². The fraction of sp³-hybridized carbons (Fsp3) is 0.235. The van der Waals surface area contributed by atoms with Crippen LogP contribution in [0.25, 0.3) is 11.0 Å². The third-order valence-corrected chi connectivity index (χ3v) is 4.17. The lowest BCUT2D eigenvalue weighted by molar-refractivity contribution is -0.138. The summed E-state index contributed by atoms with van der Waals surface area (Å²) in [5, 5.41) is 7.87. The molecule has 1 N–H and O–H groups in total. The number of hydrogen-bond donors (Lipinski definition) is 1. The lowest BCUT2D eigenvalue weighted by atomic mass is 10.3. The van der Waals surface area contributed by atoms with Crippen LogP contribution in [0.5, 0.6) is 0 Å². The summed E-state index contributed by atoms with van der Waals surface area (Å²) in [4.78, 5) is 35.0. The molecule has 0 aliphatic carbocycles. The minimum Gasteiger partial charge on any atom is -0.323 e. The maximum atomic E-state index is 13.0. The van der Waals surface area contributed by atoms with Gasteiger partial charge in [0.05, 0.1) is 11.6 Å². The fourth-order valence-electron chi connectivity index (χ4n) is 3.02. The summed E-state index contributed by atoms with van der Waals surface area (Å²) >= 11 is 0. The van der Waals surface area contributed by atoms with Crippen LogP contribution in [0.4, 0.5) is 5.69 Å². The van der Waals surface area contributed by atoms with Crippen LogP contribution in [-0.2, 0) is 9.59 Å². The van der Waals surface area contributed by atoms with Crippen molar-refractivity contribution in [2.75, 3.05) is 11.9 Å². The second-order valence-corrected chi connectivity index (χ2v) is 5.81. The van der Waals surface area contributed by atoms with E-state index in [0.29, 0.717) is 29.7 Å². The van der Waals surface area contributed by atoms with Gasteiger partial charge in [-0.05, 0) is 18.6 Å². The van der Waals surface area contributed by atoms with Crippen molar-refractivity contribution in [1.29, 1.82) is 0 Å². The Bertz CT molecular complexity index is 923. The summed E-state index contributed by atoms with van der Waals surface area (Å²) in [7, 11) is 0. The number of carbonyl (C=O) groups excluding carboxylic acids is 2. The van der Waals surface area contributed by atoms with Gasteiger partial charge in [-0.25, -0.2) is 14.6 Å². The summed E-state index contributed by atoms with van der Waals surface area (Å²) in [6.45, 7) is 0.512. The molecule has 3 aromatic rings. The van der Waals surface area contributed by atoms with Gasteiger partial charge in [-0.15, -0.1) is 0 Å². The lowest BCUT2D eigenvalue weighted by Crippen LogP contribution is -2.42. The number of aromatic nitrogens is 4. The van der Waals surface area contributed by atoms with Crippen LogP contribution < -0.4 is 5.32 Å². The summed E-state index contributed by atoms with van der Waals surface area (Å²) < 4.78 is 1.48. The van der Waals surface area contributed by atoms with Gasteiger partial charge in [0.25, 0.3) is 5.91 Å². The van der Waals surface area contributed by atoms with Crippen molar-refractivity contribution in [2.24, 2.45) is 0 Å². The van der Waals surface area contributed by atoms with E-state index >= 15 is 0 Å². The maximum Gasteiger partial charge on any atom is 0.270 e. The van der Waals surface area contributed by atoms with E-state index in [9.17, 15) is 9.59 Å². The standard InChI is InChI=1S/C17H16N6O2/c24-14-7-4-8-22(14)17(16(25)21-13-5-2-1-3-6-13)23-15-12(10-20-23)9-18-11-19-15/h1-3,5-6,9-11,17H,4,7-8H2,(H,21,25). The molecule has 2 aromatic heterocycles. The monoisotopic (exact) mass is 336 g/mol. The molecule has 1 unspecified atom stereocenters. The van der Waals surface area contributed by atoms with E-state index in [1.165, 1.54) is 11.0 Å². The van der Waals surface area contributed by atoms with Crippen LogP contribution in [0, 0.1) is 0 Å². The third kappa shape index (κ3) is 2.82. The van der Waals surface area contributed by atoms with E-state index in [0.717, 1.165) is 6.42 Å². The van der Waals surface area contributed by atoms with E-state index in [1.807, 2.05) is 18.2 Å². The van der Waals surface area contributed by atoms with Gasteiger partial charge in [-0.2, -0.15) is 5.10 Å². The van der Waals surface area contributed by atoms with Gasteiger partial charge < -0.3 is 10.2 Å². The van der Waals surface area contributed by atoms with E-state index in [1.54, 1.807) is 29.4 Å². The van der Waals surface area contributed by atoms with Crippen LogP contribution in [0.15, 0.2) is 49.1 Å². The molecule has 3 heterocycles. The molecule has 1 atom stereocenters. The molecule has 2 amide bonds. The number of nitrogens with zero attached hydrogens (tertiary/aromatic N) is 5. The van der Waals surface area contributed by atoms with Gasteiger partial charge >= 0.3 is 0 Å². The highest BCUT2D eigenvalue weighted by molar-refractivity contribution is 5.96. The number of anilines is 1. The van der Waals surface area contributed by atoms with Gasteiger partial charge in [-0.3, -0.25) is 9.59 Å². The Morgan fingerprint density at radius 3 is 2.80 bits per heavy atom. The molecule has 4 rings (SSSR count). The first-order valence-electron chi connectivity index (χ1n) is 8.02. The summed E-state index contributed by atoms with van der Waals surface area (Å²) in [6.07, 6.45) is 4.90. The predicted molar refractivity (Wildman–Crippen MR) is 90.4 cm³/mol. The zero-order chi connectivity index (χ0) is 17.2. The van der Waals surface area contributed by atoms with Gasteiger partial charge in [0, 0.05) is 24.8 Å². The minimum absolute atomic E-state index is 0.0640. The Labute approximate surface area is 143 Å². The molecule has 1 fully saturated rings. The molecule has 1 aliphatic rings. The summed E-state index contributed by atoms with van der Waals surface area (Å²) in [6, 6.07) is 9.13. The largest absolute Gasteiger partial charge is 0.323 e. The Morgan fingerprint density at radius 1 is 1.20 bits per heavy atom. The Hall–Kier alpha value is -3.29. The molecule has 0 saturated carbocycles. The SMILES string of the molecule is O=C(Nc1ccccc1)C(N1CCCC1=O)n1ncc2cncnc21. The summed E-state index contributed by atoms with van der Waals surface area (Å²) in [5.74, 6) is -0.393. The van der Waals surface area contributed by atoms with Crippen LogP contribution in [-0.4, -0.2) is 43.0 Å². The van der Waals surface area contributed by atoms with Crippen molar-refractivity contribution in [3.63, 3.8) is 0 Å². The smallest absolute Gasteiger partial charge is 0.270 e. The number of para-hydroxylation sites is 1. The first kappa shape index (κ1) is 15.3. The van der Waals surface area contributed by atoms with Crippen molar-refractivity contribution in [1.82, 2.24) is 24.6 Å². The topological polar surface area (TPSA) is 93.0 Å². The number of amides is 2. The molecule has 1 aliphatic heterocycles. The Balaban J connectivity index is 1.74. The molecular weight excluding hydrogens is 320 g/mol. The highest BCUT2D eigenvalue weighted by atomic mass is 16.2. The van der Waals surface area contributed by atoms with E-state index in [-0.39, 0.29) is 11.8 Å². The average Bonchev–Trinajstić information content (AvgIpc) is 3.24. The molecule has 0 radical (unpaired) electrons. The molecule has 8 nitrogen and oxygen atoms in total. The minimum atomic E-state index is -0.886. The Morgan fingerprint density at radius 2 is 2.04 bits per heavy atom. The normalized spacial score (nSPS) is 15.5. The van der Waals surface area contributed by atoms with Gasteiger partial charge in [0.1, 0.15) is 6.33 Å². The van der Waals surface area contributed by atoms with Crippen molar-refractivity contribution in [3.8, 4) is 0 Å². The molecule has 25 heavy (non-hydrogen) atoms. The maximum absolute atomic E-state index is 13.0. The fourth-order valence-corrected chi connectivity index (χ4v) is 3.02. The first-order chi connectivity index (χ1) is 12.2. The molecule has 1 aromatic carbocycles. The third-order valence-electron chi connectivity index (χ3n) is 4.17. The predicted octanol–water partition coefficient (Wildman–Crippen LogP) is 1.59. The van der Waals surface area contributed by atoms with E-state index in [2.05, 4.69) is 20.4 Å². The van der Waals surface area contributed by atoms with Crippen LogP contribution in [0.3, 0.4) is 0 Å². The van der Waals surface area contributed by atoms with Crippen molar-refractivity contribution >= 4 is 28.5 Å². The molecule has 0 spiro atoms. The molecule has 0 bridgehead atoms.